The SMILES string of the molecule is CC(C#N)S(=O)(=O)Nc1ccc(C(=O)O)cc1Br. The predicted octanol–water partition coefficient (Wildman–Crippen LogP) is 1.80. The molecule has 1 unspecified atom stereocenters. The Bertz CT molecular complexity index is 621. The van der Waals surface area contributed by atoms with Crippen LogP contribution in [0.2, 0.25) is 0 Å². The lowest BCUT2D eigenvalue weighted by atomic mass is 10.2. The molecule has 0 saturated carbocycles. The molecule has 1 atom stereocenters. The maximum Gasteiger partial charge on any atom is 0.335 e. The van der Waals surface area contributed by atoms with Gasteiger partial charge < -0.3 is 5.11 Å². The number of nitrogens with zero attached hydrogens (tertiary/aromatic N) is 1. The summed E-state index contributed by atoms with van der Waals surface area (Å²) in [5.74, 6) is -1.12. The fraction of sp³-hybridized carbons (Fsp3) is 0.200. The molecule has 0 heterocycles. The van der Waals surface area contributed by atoms with Crippen LogP contribution >= 0.6 is 15.9 Å². The fourth-order valence-electron chi connectivity index (χ4n) is 1.04. The lowest BCUT2D eigenvalue weighted by Gasteiger charge is -2.11. The third-order valence-electron chi connectivity index (χ3n) is 2.12. The average Bonchev–Trinajstić information content (AvgIpc) is 2.30. The van der Waals surface area contributed by atoms with Crippen LogP contribution in [0.5, 0.6) is 0 Å². The minimum Gasteiger partial charge on any atom is -0.478 e. The summed E-state index contributed by atoms with van der Waals surface area (Å²) in [5.41, 5.74) is 0.209. The molecule has 6 nitrogen and oxygen atoms in total. The van der Waals surface area contributed by atoms with Crippen LogP contribution in [-0.2, 0) is 10.0 Å². The molecule has 2 N–H and O–H groups in total. The van der Waals surface area contributed by atoms with E-state index in [4.69, 9.17) is 10.4 Å². The summed E-state index contributed by atoms with van der Waals surface area (Å²) < 4.78 is 25.8. The van der Waals surface area contributed by atoms with Crippen molar-refractivity contribution in [1.82, 2.24) is 0 Å². The van der Waals surface area contributed by atoms with Crippen LogP contribution in [0.1, 0.15) is 17.3 Å². The monoisotopic (exact) mass is 332 g/mol. The molecule has 1 rings (SSSR count). The van der Waals surface area contributed by atoms with Gasteiger partial charge in [0.2, 0.25) is 10.0 Å². The highest BCUT2D eigenvalue weighted by atomic mass is 79.9. The Morgan fingerprint density at radius 2 is 2.17 bits per heavy atom. The van der Waals surface area contributed by atoms with Crippen molar-refractivity contribution in [2.45, 2.75) is 12.2 Å². The van der Waals surface area contributed by atoms with Gasteiger partial charge in [-0.2, -0.15) is 5.26 Å². The number of nitriles is 1. The Balaban J connectivity index is 3.08. The van der Waals surface area contributed by atoms with Crippen LogP contribution in [-0.4, -0.2) is 24.7 Å². The van der Waals surface area contributed by atoms with Gasteiger partial charge in [0.1, 0.15) is 0 Å². The van der Waals surface area contributed by atoms with Crippen molar-refractivity contribution >= 4 is 37.6 Å². The first-order valence-electron chi connectivity index (χ1n) is 4.72. The number of sulfonamides is 1. The lowest BCUT2D eigenvalue weighted by Crippen LogP contribution is -2.24. The van der Waals surface area contributed by atoms with Crippen molar-refractivity contribution in [2.24, 2.45) is 0 Å². The number of benzene rings is 1. The number of carboxylic acids is 1. The second-order valence-corrected chi connectivity index (χ2v) is 6.27. The largest absolute Gasteiger partial charge is 0.478 e. The van der Waals surface area contributed by atoms with Crippen molar-refractivity contribution in [3.8, 4) is 6.07 Å². The number of anilines is 1. The summed E-state index contributed by atoms with van der Waals surface area (Å²) in [4.78, 5) is 10.7. The Morgan fingerprint density at radius 1 is 1.56 bits per heavy atom. The molecular weight excluding hydrogens is 324 g/mol. The van der Waals surface area contributed by atoms with E-state index in [1.807, 2.05) is 0 Å². The van der Waals surface area contributed by atoms with E-state index < -0.39 is 21.2 Å². The summed E-state index contributed by atoms with van der Waals surface area (Å²) in [7, 11) is -3.81. The third kappa shape index (κ3) is 3.21. The van der Waals surface area contributed by atoms with Gasteiger partial charge in [0.05, 0.1) is 17.3 Å². The van der Waals surface area contributed by atoms with Crippen molar-refractivity contribution in [1.29, 1.82) is 5.26 Å². The molecule has 0 aliphatic carbocycles. The van der Waals surface area contributed by atoms with E-state index in [1.54, 1.807) is 6.07 Å². The number of rotatable bonds is 4. The first kappa shape index (κ1) is 14.5. The van der Waals surface area contributed by atoms with Gasteiger partial charge in [0.25, 0.3) is 0 Å². The van der Waals surface area contributed by atoms with Crippen LogP contribution in [0.3, 0.4) is 0 Å². The van der Waals surface area contributed by atoms with E-state index in [0.717, 1.165) is 0 Å². The third-order valence-corrected chi connectivity index (χ3v) is 4.31. The zero-order chi connectivity index (χ0) is 13.9. The number of nitrogens with one attached hydrogen (secondary N) is 1. The second kappa shape index (κ2) is 5.37. The molecule has 96 valence electrons. The molecule has 1 aromatic carbocycles. The van der Waals surface area contributed by atoms with Gasteiger partial charge in [-0.1, -0.05) is 0 Å². The predicted molar refractivity (Wildman–Crippen MR) is 68.7 cm³/mol. The number of carboxylic acid groups (broad SMARTS) is 1. The molecule has 0 aliphatic heterocycles. The highest BCUT2D eigenvalue weighted by molar-refractivity contribution is 9.10. The summed E-state index contributed by atoms with van der Waals surface area (Å²) in [6.45, 7) is 1.25. The van der Waals surface area contributed by atoms with Crippen LogP contribution in [0, 0.1) is 11.3 Å². The van der Waals surface area contributed by atoms with E-state index in [2.05, 4.69) is 20.7 Å². The first-order chi connectivity index (χ1) is 8.27. The Labute approximate surface area is 112 Å². The van der Waals surface area contributed by atoms with Gasteiger partial charge in [-0.05, 0) is 41.1 Å². The van der Waals surface area contributed by atoms with Crippen molar-refractivity contribution in [3.05, 3.63) is 28.2 Å². The highest BCUT2D eigenvalue weighted by Crippen LogP contribution is 2.25. The van der Waals surface area contributed by atoms with Crippen molar-refractivity contribution in [2.75, 3.05) is 4.72 Å². The number of aromatic carboxylic acids is 1. The van der Waals surface area contributed by atoms with Gasteiger partial charge in [-0.25, -0.2) is 13.2 Å². The highest BCUT2D eigenvalue weighted by Gasteiger charge is 2.21. The minimum absolute atomic E-state index is 0.0261. The maximum atomic E-state index is 11.6. The fourth-order valence-corrected chi connectivity index (χ4v) is 2.45. The van der Waals surface area contributed by atoms with Crippen molar-refractivity contribution in [3.63, 3.8) is 0 Å². The molecule has 0 amide bonds. The Kier molecular flexibility index (Phi) is 4.32. The molecule has 0 radical (unpaired) electrons. The van der Waals surface area contributed by atoms with Crippen LogP contribution in [0.25, 0.3) is 0 Å². The van der Waals surface area contributed by atoms with Gasteiger partial charge in [-0.3, -0.25) is 4.72 Å². The quantitative estimate of drug-likeness (QED) is 0.874. The second-order valence-electron chi connectivity index (χ2n) is 3.42. The van der Waals surface area contributed by atoms with E-state index >= 15 is 0 Å². The minimum atomic E-state index is -3.81. The molecule has 0 fully saturated rings. The Morgan fingerprint density at radius 3 is 2.61 bits per heavy atom. The Hall–Kier alpha value is -1.59. The summed E-state index contributed by atoms with van der Waals surface area (Å²) in [6, 6.07) is 5.47. The molecule has 1 aromatic rings. The zero-order valence-corrected chi connectivity index (χ0v) is 11.6. The van der Waals surface area contributed by atoms with Gasteiger partial charge >= 0.3 is 5.97 Å². The van der Waals surface area contributed by atoms with Gasteiger partial charge in [0, 0.05) is 4.47 Å². The van der Waals surface area contributed by atoms with Crippen molar-refractivity contribution < 1.29 is 18.3 Å². The van der Waals surface area contributed by atoms with Gasteiger partial charge in [0.15, 0.2) is 5.25 Å². The van der Waals surface area contributed by atoms with Gasteiger partial charge in [-0.15, -0.1) is 0 Å². The summed E-state index contributed by atoms with van der Waals surface area (Å²) in [6.07, 6.45) is 0. The number of carbonyl (C=O) groups is 1. The van der Waals surface area contributed by atoms with Crippen LogP contribution in [0.15, 0.2) is 22.7 Å². The molecular formula is C10H9BrN2O4S. The summed E-state index contributed by atoms with van der Waals surface area (Å²) >= 11 is 3.07. The molecule has 0 aliphatic rings. The average molecular weight is 333 g/mol. The lowest BCUT2D eigenvalue weighted by molar-refractivity contribution is 0.0697. The number of hydrogen-bond donors (Lipinski definition) is 2. The zero-order valence-electron chi connectivity index (χ0n) is 9.21. The first-order valence-corrected chi connectivity index (χ1v) is 7.06. The molecule has 8 heteroatoms. The topological polar surface area (TPSA) is 107 Å². The molecule has 18 heavy (non-hydrogen) atoms. The maximum absolute atomic E-state index is 11.6. The molecule has 0 saturated heterocycles. The number of hydrogen-bond acceptors (Lipinski definition) is 4. The smallest absolute Gasteiger partial charge is 0.335 e. The van der Waals surface area contributed by atoms with E-state index in [0.29, 0.717) is 0 Å². The number of halogens is 1. The van der Waals surface area contributed by atoms with Crippen LogP contribution < -0.4 is 4.72 Å². The molecule has 0 bridgehead atoms. The summed E-state index contributed by atoms with van der Waals surface area (Å²) in [5, 5.41) is 16.1. The molecule has 0 aromatic heterocycles. The van der Waals surface area contributed by atoms with Crippen LogP contribution in [0.4, 0.5) is 5.69 Å². The van der Waals surface area contributed by atoms with E-state index in [1.165, 1.54) is 25.1 Å². The molecule has 0 spiro atoms. The van der Waals surface area contributed by atoms with E-state index in [9.17, 15) is 13.2 Å². The normalized spacial score (nSPS) is 12.5. The van der Waals surface area contributed by atoms with E-state index in [-0.39, 0.29) is 15.7 Å². The standard InChI is InChI=1S/C10H9BrN2O4S/c1-6(5-12)18(16,17)13-9-3-2-7(10(14)15)4-8(9)11/h2-4,6,13H,1H3,(H,14,15).